The third-order valence-electron chi connectivity index (χ3n) is 4.95. The fourth-order valence-electron chi connectivity index (χ4n) is 3.26. The number of nitriles is 1. The molecule has 8 heteroatoms. The molecule has 2 aromatic carbocycles. The van der Waals surface area contributed by atoms with Crippen LogP contribution >= 0.6 is 23.4 Å². The van der Waals surface area contributed by atoms with Gasteiger partial charge in [0.2, 0.25) is 5.91 Å². The molecule has 1 aromatic heterocycles. The van der Waals surface area contributed by atoms with Crippen molar-refractivity contribution >= 4 is 35.0 Å². The van der Waals surface area contributed by atoms with Crippen LogP contribution in [0.15, 0.2) is 47.6 Å². The van der Waals surface area contributed by atoms with Crippen LogP contribution in [-0.4, -0.2) is 33.0 Å². The van der Waals surface area contributed by atoms with E-state index in [4.69, 9.17) is 16.9 Å². The van der Waals surface area contributed by atoms with Gasteiger partial charge in [0, 0.05) is 29.4 Å². The van der Waals surface area contributed by atoms with Crippen LogP contribution in [0.4, 0.5) is 5.69 Å². The monoisotopic (exact) mass is 453 g/mol. The van der Waals surface area contributed by atoms with Crippen molar-refractivity contribution in [2.75, 3.05) is 17.2 Å². The predicted octanol–water partition coefficient (Wildman–Crippen LogP) is 5.27. The number of carbonyl (C=O) groups excluding carboxylic acids is 1. The summed E-state index contributed by atoms with van der Waals surface area (Å²) in [6.07, 6.45) is 0.251. The number of thioether (sulfide) groups is 1. The van der Waals surface area contributed by atoms with Crippen LogP contribution in [0, 0.1) is 25.2 Å². The van der Waals surface area contributed by atoms with Crippen LogP contribution in [0.1, 0.15) is 24.5 Å². The topological polar surface area (TPSA) is 74.8 Å². The molecule has 0 spiro atoms. The molecule has 0 aliphatic carbocycles. The molecule has 0 unspecified atom stereocenters. The molecule has 6 nitrogen and oxygen atoms in total. The van der Waals surface area contributed by atoms with Gasteiger partial charge in [0.1, 0.15) is 0 Å². The van der Waals surface area contributed by atoms with Crippen molar-refractivity contribution in [2.45, 2.75) is 38.9 Å². The molecule has 1 amide bonds. The van der Waals surface area contributed by atoms with E-state index in [0.29, 0.717) is 23.3 Å². The van der Waals surface area contributed by atoms with Crippen LogP contribution in [0.5, 0.6) is 0 Å². The number of carbonyl (C=O) groups is 1. The number of aryl methyl sites for hydroxylation is 2. The zero-order valence-corrected chi connectivity index (χ0v) is 19.4. The largest absolute Gasteiger partial charge is 0.311 e. The minimum Gasteiger partial charge on any atom is -0.311 e. The van der Waals surface area contributed by atoms with Crippen LogP contribution in [0.25, 0.3) is 11.4 Å². The summed E-state index contributed by atoms with van der Waals surface area (Å²) in [5, 5.41) is 19.1. The maximum absolute atomic E-state index is 13.1. The normalized spacial score (nSPS) is 10.7. The van der Waals surface area contributed by atoms with Gasteiger partial charge in [-0.05, 0) is 50.1 Å². The maximum Gasteiger partial charge on any atom is 0.237 e. The number of amides is 1. The van der Waals surface area contributed by atoms with E-state index in [1.807, 2.05) is 55.7 Å². The number of hydrogen-bond donors (Lipinski definition) is 0. The summed E-state index contributed by atoms with van der Waals surface area (Å²) in [6.45, 7) is 6.99. The molecule has 0 atom stereocenters. The summed E-state index contributed by atoms with van der Waals surface area (Å²) in [6, 6.07) is 15.6. The third-order valence-corrected chi connectivity index (χ3v) is 6.32. The molecule has 3 aromatic rings. The Morgan fingerprint density at radius 3 is 2.65 bits per heavy atom. The fraction of sp³-hybridized carbons (Fsp3) is 0.304. The van der Waals surface area contributed by atoms with Gasteiger partial charge in [-0.1, -0.05) is 47.6 Å². The molecule has 0 aliphatic heterocycles. The highest BCUT2D eigenvalue weighted by molar-refractivity contribution is 7.99. The van der Waals surface area contributed by atoms with Gasteiger partial charge in [-0.25, -0.2) is 0 Å². The molecule has 1 heterocycles. The third kappa shape index (κ3) is 5.27. The number of benzene rings is 2. The molecule has 0 fully saturated rings. The zero-order valence-electron chi connectivity index (χ0n) is 17.8. The first-order valence-electron chi connectivity index (χ1n) is 10.0. The van der Waals surface area contributed by atoms with Gasteiger partial charge in [-0.15, -0.1) is 10.2 Å². The lowest BCUT2D eigenvalue weighted by Gasteiger charge is -2.22. The Morgan fingerprint density at radius 1 is 1.19 bits per heavy atom. The first-order valence-corrected chi connectivity index (χ1v) is 11.4. The second kappa shape index (κ2) is 10.5. The van der Waals surface area contributed by atoms with E-state index in [2.05, 4.69) is 16.3 Å². The Morgan fingerprint density at radius 2 is 1.97 bits per heavy atom. The van der Waals surface area contributed by atoms with Gasteiger partial charge < -0.3 is 9.47 Å². The maximum atomic E-state index is 13.1. The Hall–Kier alpha value is -2.82. The summed E-state index contributed by atoms with van der Waals surface area (Å²) >= 11 is 7.48. The van der Waals surface area contributed by atoms with Gasteiger partial charge >= 0.3 is 0 Å². The summed E-state index contributed by atoms with van der Waals surface area (Å²) in [4.78, 5) is 14.7. The first kappa shape index (κ1) is 22.9. The highest BCUT2D eigenvalue weighted by Gasteiger charge is 2.20. The fourth-order valence-corrected chi connectivity index (χ4v) is 4.26. The minimum absolute atomic E-state index is 0.0925. The molecular weight excluding hydrogens is 430 g/mol. The van der Waals surface area contributed by atoms with E-state index >= 15 is 0 Å². The summed E-state index contributed by atoms with van der Waals surface area (Å²) in [7, 11) is 0. The SMILES string of the molecule is CCn1c(SCC(=O)N(CCC#N)c2ccc(Cl)c(C)c2)nnc1-c1ccccc1C. The average Bonchev–Trinajstić information content (AvgIpc) is 3.17. The van der Waals surface area contributed by atoms with Crippen molar-refractivity contribution in [1.82, 2.24) is 14.8 Å². The number of hydrogen-bond acceptors (Lipinski definition) is 5. The Kier molecular flexibility index (Phi) is 7.72. The molecule has 31 heavy (non-hydrogen) atoms. The first-order chi connectivity index (χ1) is 15.0. The second-order valence-corrected chi connectivity index (χ2v) is 8.39. The molecule has 0 saturated heterocycles. The number of halogens is 1. The van der Waals surface area contributed by atoms with E-state index in [1.54, 1.807) is 17.0 Å². The number of anilines is 1. The summed E-state index contributed by atoms with van der Waals surface area (Å²) < 4.78 is 2.02. The van der Waals surface area contributed by atoms with Gasteiger partial charge in [0.05, 0.1) is 18.2 Å². The van der Waals surface area contributed by atoms with Gasteiger partial charge in [-0.3, -0.25) is 4.79 Å². The smallest absolute Gasteiger partial charge is 0.237 e. The van der Waals surface area contributed by atoms with Crippen molar-refractivity contribution in [2.24, 2.45) is 0 Å². The van der Waals surface area contributed by atoms with Gasteiger partial charge in [0.25, 0.3) is 0 Å². The average molecular weight is 454 g/mol. The lowest BCUT2D eigenvalue weighted by Crippen LogP contribution is -2.33. The van der Waals surface area contributed by atoms with Gasteiger partial charge in [-0.2, -0.15) is 5.26 Å². The quantitative estimate of drug-likeness (QED) is 0.434. The van der Waals surface area contributed by atoms with Gasteiger partial charge in [0.15, 0.2) is 11.0 Å². The van der Waals surface area contributed by atoms with E-state index < -0.39 is 0 Å². The molecule has 0 saturated carbocycles. The van der Waals surface area contributed by atoms with Crippen LogP contribution < -0.4 is 4.90 Å². The molecule has 0 bridgehead atoms. The second-order valence-electron chi connectivity index (χ2n) is 7.04. The van der Waals surface area contributed by atoms with Crippen molar-refractivity contribution in [3.8, 4) is 17.5 Å². The lowest BCUT2D eigenvalue weighted by atomic mass is 10.1. The molecule has 0 radical (unpaired) electrons. The number of rotatable bonds is 8. The molecule has 3 rings (SSSR count). The Labute approximate surface area is 191 Å². The number of aromatic nitrogens is 3. The highest BCUT2D eigenvalue weighted by atomic mass is 35.5. The standard InChI is InChI=1S/C23H24ClN5OS/c1-4-28-22(19-9-6-5-8-16(19)2)26-27-23(28)31-15-21(30)29(13-7-12-25)18-10-11-20(24)17(3)14-18/h5-6,8-11,14H,4,7,13,15H2,1-3H3. The van der Waals surface area contributed by atoms with Crippen molar-refractivity contribution in [3.63, 3.8) is 0 Å². The van der Waals surface area contributed by atoms with Crippen molar-refractivity contribution < 1.29 is 4.79 Å². The van der Waals surface area contributed by atoms with E-state index in [0.717, 1.165) is 28.2 Å². The predicted molar refractivity (Wildman–Crippen MR) is 125 cm³/mol. The van der Waals surface area contributed by atoms with Crippen LogP contribution in [0.3, 0.4) is 0 Å². The van der Waals surface area contributed by atoms with E-state index in [9.17, 15) is 4.79 Å². The zero-order chi connectivity index (χ0) is 22.4. The molecular formula is C23H24ClN5OS. The van der Waals surface area contributed by atoms with E-state index in [1.165, 1.54) is 11.8 Å². The lowest BCUT2D eigenvalue weighted by molar-refractivity contribution is -0.116. The van der Waals surface area contributed by atoms with Crippen molar-refractivity contribution in [1.29, 1.82) is 5.26 Å². The molecule has 160 valence electrons. The highest BCUT2D eigenvalue weighted by Crippen LogP contribution is 2.28. The van der Waals surface area contributed by atoms with Crippen LogP contribution in [0.2, 0.25) is 5.02 Å². The number of nitrogens with zero attached hydrogens (tertiary/aromatic N) is 5. The van der Waals surface area contributed by atoms with Crippen molar-refractivity contribution in [3.05, 3.63) is 58.6 Å². The molecule has 0 N–H and O–H groups in total. The molecule has 0 aliphatic rings. The Balaban J connectivity index is 1.80. The Bertz CT molecular complexity index is 1120. The minimum atomic E-state index is -0.0925. The van der Waals surface area contributed by atoms with Crippen LogP contribution in [-0.2, 0) is 11.3 Å². The van der Waals surface area contributed by atoms with E-state index in [-0.39, 0.29) is 18.1 Å². The summed E-state index contributed by atoms with van der Waals surface area (Å²) in [5.41, 5.74) is 3.77. The summed E-state index contributed by atoms with van der Waals surface area (Å²) in [5.74, 6) is 0.897.